The molecule has 2 aromatic rings. The molecule has 0 spiro atoms. The molecule has 0 saturated carbocycles. The molecule has 1 unspecified atom stereocenters. The number of amides is 2. The average Bonchev–Trinajstić information content (AvgIpc) is 3.07. The number of carbonyl (C=O) groups excluding carboxylic acids is 1. The van der Waals surface area contributed by atoms with Crippen molar-refractivity contribution in [3.63, 3.8) is 0 Å². The monoisotopic (exact) mass is 300 g/mol. The number of benzene rings is 1. The van der Waals surface area contributed by atoms with E-state index in [1.807, 2.05) is 43.5 Å². The van der Waals surface area contributed by atoms with E-state index in [-0.39, 0.29) is 12.1 Å². The summed E-state index contributed by atoms with van der Waals surface area (Å²) in [5, 5.41) is 7.23. The van der Waals surface area contributed by atoms with Crippen LogP contribution in [0.2, 0.25) is 0 Å². The van der Waals surface area contributed by atoms with E-state index in [0.29, 0.717) is 26.2 Å². The smallest absolute Gasteiger partial charge is 0.317 e. The Bertz CT molecular complexity index is 627. The van der Waals surface area contributed by atoms with Gasteiger partial charge < -0.3 is 15.0 Å². The first-order valence-electron chi connectivity index (χ1n) is 7.46. The average molecular weight is 300 g/mol. The van der Waals surface area contributed by atoms with Gasteiger partial charge >= 0.3 is 6.03 Å². The maximum absolute atomic E-state index is 12.3. The SMILES string of the molecule is CC1CN(C(=O)NCc2ccccc2-n2cccn2)CCO1. The van der Waals surface area contributed by atoms with E-state index in [0.717, 1.165) is 11.3 Å². The lowest BCUT2D eigenvalue weighted by molar-refractivity contribution is -0.00351. The van der Waals surface area contributed by atoms with Gasteiger partial charge in [0.1, 0.15) is 0 Å². The predicted octanol–water partition coefficient (Wildman–Crippen LogP) is 1.80. The number of nitrogens with one attached hydrogen (secondary N) is 1. The van der Waals surface area contributed by atoms with Crippen LogP contribution < -0.4 is 5.32 Å². The van der Waals surface area contributed by atoms with Gasteiger partial charge in [-0.3, -0.25) is 0 Å². The van der Waals surface area contributed by atoms with E-state index in [1.54, 1.807) is 15.8 Å². The highest BCUT2D eigenvalue weighted by atomic mass is 16.5. The van der Waals surface area contributed by atoms with E-state index in [9.17, 15) is 4.79 Å². The molecular formula is C16H20N4O2. The van der Waals surface area contributed by atoms with Crippen molar-refractivity contribution in [1.29, 1.82) is 0 Å². The number of hydrogen-bond donors (Lipinski definition) is 1. The number of carbonyl (C=O) groups is 1. The highest BCUT2D eigenvalue weighted by molar-refractivity contribution is 5.74. The fraction of sp³-hybridized carbons (Fsp3) is 0.375. The van der Waals surface area contributed by atoms with Crippen molar-refractivity contribution >= 4 is 6.03 Å². The van der Waals surface area contributed by atoms with E-state index >= 15 is 0 Å². The lowest BCUT2D eigenvalue weighted by Gasteiger charge is -2.31. The molecule has 6 heteroatoms. The zero-order valence-electron chi connectivity index (χ0n) is 12.6. The highest BCUT2D eigenvalue weighted by Crippen LogP contribution is 2.13. The molecule has 2 amide bonds. The molecule has 1 fully saturated rings. The number of aromatic nitrogens is 2. The standard InChI is InChI=1S/C16H20N4O2/c1-13-12-19(9-10-22-13)16(21)17-11-14-5-2-3-6-15(14)20-8-4-7-18-20/h2-8,13H,9-12H2,1H3,(H,17,21). The quantitative estimate of drug-likeness (QED) is 0.940. The molecule has 1 aromatic heterocycles. The largest absolute Gasteiger partial charge is 0.375 e. The van der Waals surface area contributed by atoms with Crippen molar-refractivity contribution in [2.24, 2.45) is 0 Å². The van der Waals surface area contributed by atoms with Crippen LogP contribution in [-0.2, 0) is 11.3 Å². The van der Waals surface area contributed by atoms with E-state index in [4.69, 9.17) is 4.74 Å². The molecule has 0 radical (unpaired) electrons. The minimum Gasteiger partial charge on any atom is -0.375 e. The summed E-state index contributed by atoms with van der Waals surface area (Å²) in [5.41, 5.74) is 2.00. The third-order valence-electron chi connectivity index (χ3n) is 3.70. The Kier molecular flexibility index (Phi) is 4.39. The minimum atomic E-state index is -0.0505. The van der Waals surface area contributed by atoms with E-state index in [1.165, 1.54) is 0 Å². The summed E-state index contributed by atoms with van der Waals surface area (Å²) in [4.78, 5) is 14.0. The van der Waals surface area contributed by atoms with Gasteiger partial charge in [-0.15, -0.1) is 0 Å². The Balaban J connectivity index is 1.65. The van der Waals surface area contributed by atoms with Gasteiger partial charge in [0.05, 0.1) is 18.4 Å². The molecular weight excluding hydrogens is 280 g/mol. The Hall–Kier alpha value is -2.34. The van der Waals surface area contributed by atoms with Gasteiger partial charge in [-0.2, -0.15) is 5.10 Å². The van der Waals surface area contributed by atoms with Gasteiger partial charge in [-0.25, -0.2) is 9.48 Å². The van der Waals surface area contributed by atoms with Gasteiger partial charge in [0.25, 0.3) is 0 Å². The lowest BCUT2D eigenvalue weighted by atomic mass is 10.2. The van der Waals surface area contributed by atoms with Crippen LogP contribution in [0.25, 0.3) is 5.69 Å². The lowest BCUT2D eigenvalue weighted by Crippen LogP contribution is -2.48. The zero-order chi connectivity index (χ0) is 15.4. The summed E-state index contributed by atoms with van der Waals surface area (Å²) >= 11 is 0. The maximum atomic E-state index is 12.3. The van der Waals surface area contributed by atoms with Gasteiger partial charge in [0, 0.05) is 32.0 Å². The van der Waals surface area contributed by atoms with Crippen LogP contribution in [0, 0.1) is 0 Å². The summed E-state index contributed by atoms with van der Waals surface area (Å²) in [7, 11) is 0. The van der Waals surface area contributed by atoms with Crippen LogP contribution in [0.1, 0.15) is 12.5 Å². The third kappa shape index (κ3) is 3.28. The Morgan fingerprint density at radius 1 is 1.41 bits per heavy atom. The van der Waals surface area contributed by atoms with Crippen molar-refractivity contribution in [2.45, 2.75) is 19.6 Å². The number of morpholine rings is 1. The summed E-state index contributed by atoms with van der Waals surface area (Å²) in [6.07, 6.45) is 3.73. The molecule has 1 aliphatic heterocycles. The first-order chi connectivity index (χ1) is 10.7. The minimum absolute atomic E-state index is 0.0505. The Labute approximate surface area is 129 Å². The molecule has 1 atom stereocenters. The van der Waals surface area contributed by atoms with Crippen LogP contribution in [0.15, 0.2) is 42.7 Å². The first-order valence-corrected chi connectivity index (χ1v) is 7.46. The van der Waals surface area contributed by atoms with Gasteiger partial charge in [-0.05, 0) is 24.6 Å². The predicted molar refractivity (Wildman–Crippen MR) is 82.8 cm³/mol. The van der Waals surface area contributed by atoms with Crippen LogP contribution in [0.5, 0.6) is 0 Å². The van der Waals surface area contributed by atoms with Crippen molar-refractivity contribution in [1.82, 2.24) is 20.0 Å². The summed E-state index contributed by atoms with van der Waals surface area (Å²) in [5.74, 6) is 0. The molecule has 2 heterocycles. The van der Waals surface area contributed by atoms with Gasteiger partial charge in [0.2, 0.25) is 0 Å². The van der Waals surface area contributed by atoms with Crippen molar-refractivity contribution in [3.05, 3.63) is 48.3 Å². The number of ether oxygens (including phenoxy) is 1. The second-order valence-electron chi connectivity index (χ2n) is 5.37. The highest BCUT2D eigenvalue weighted by Gasteiger charge is 2.21. The molecule has 6 nitrogen and oxygen atoms in total. The van der Waals surface area contributed by atoms with Crippen LogP contribution in [0.4, 0.5) is 4.79 Å². The molecule has 116 valence electrons. The number of nitrogens with zero attached hydrogens (tertiary/aromatic N) is 3. The third-order valence-corrected chi connectivity index (χ3v) is 3.70. The Morgan fingerprint density at radius 2 is 2.27 bits per heavy atom. The van der Waals surface area contributed by atoms with Crippen molar-refractivity contribution < 1.29 is 9.53 Å². The Morgan fingerprint density at radius 3 is 3.05 bits per heavy atom. The molecule has 1 aromatic carbocycles. The molecule has 1 saturated heterocycles. The molecule has 22 heavy (non-hydrogen) atoms. The van der Waals surface area contributed by atoms with Crippen LogP contribution in [-0.4, -0.2) is 46.5 Å². The van der Waals surface area contributed by atoms with Gasteiger partial charge in [0.15, 0.2) is 0 Å². The number of hydrogen-bond acceptors (Lipinski definition) is 3. The summed E-state index contributed by atoms with van der Waals surface area (Å²) in [6.45, 7) is 4.31. The number of urea groups is 1. The fourth-order valence-corrected chi connectivity index (χ4v) is 2.58. The van der Waals surface area contributed by atoms with Crippen LogP contribution >= 0.6 is 0 Å². The molecule has 0 bridgehead atoms. The normalized spacial score (nSPS) is 18.2. The summed E-state index contributed by atoms with van der Waals surface area (Å²) < 4.78 is 7.26. The molecule has 1 aliphatic rings. The van der Waals surface area contributed by atoms with Gasteiger partial charge in [-0.1, -0.05) is 18.2 Å². The van der Waals surface area contributed by atoms with E-state index < -0.39 is 0 Å². The second kappa shape index (κ2) is 6.62. The summed E-state index contributed by atoms with van der Waals surface area (Å²) in [6, 6.07) is 9.75. The number of para-hydroxylation sites is 1. The first kappa shape index (κ1) is 14.6. The van der Waals surface area contributed by atoms with Crippen LogP contribution in [0.3, 0.4) is 0 Å². The van der Waals surface area contributed by atoms with Crippen molar-refractivity contribution in [3.8, 4) is 5.69 Å². The fourth-order valence-electron chi connectivity index (χ4n) is 2.58. The van der Waals surface area contributed by atoms with Crippen molar-refractivity contribution in [2.75, 3.05) is 19.7 Å². The topological polar surface area (TPSA) is 59.4 Å². The second-order valence-corrected chi connectivity index (χ2v) is 5.37. The molecule has 1 N–H and O–H groups in total. The van der Waals surface area contributed by atoms with E-state index in [2.05, 4.69) is 10.4 Å². The molecule has 3 rings (SSSR count). The maximum Gasteiger partial charge on any atom is 0.317 e. The molecule has 0 aliphatic carbocycles. The zero-order valence-corrected chi connectivity index (χ0v) is 12.6. The number of rotatable bonds is 3.